The van der Waals surface area contributed by atoms with Gasteiger partial charge < -0.3 is 20.4 Å². The Hall–Kier alpha value is -5.08. The maximum Gasteiger partial charge on any atom is 0.272 e. The van der Waals surface area contributed by atoms with Crippen molar-refractivity contribution < 1.29 is 18.8 Å². The first-order valence-corrected chi connectivity index (χ1v) is 13.5. The van der Waals surface area contributed by atoms with Crippen molar-refractivity contribution in [2.24, 2.45) is 0 Å². The highest BCUT2D eigenvalue weighted by molar-refractivity contribution is 8.00. The van der Waals surface area contributed by atoms with Crippen LogP contribution >= 0.6 is 11.8 Å². The Morgan fingerprint density at radius 2 is 1.50 bits per heavy atom. The standard InChI is InChI=1S/C32H25N3O4S/c36-30(34-28-14-6-11-22-8-4-5-13-27(22)28)21-40-26-17-15-24(16-18-26)33-32(38)29(20-25-12-7-19-39-25)35-31(37)23-9-2-1-3-10-23/h1-20H,21H2,(H,33,38)(H,34,36)(H,35,37)/b29-20-. The number of benzene rings is 4. The lowest BCUT2D eigenvalue weighted by Crippen LogP contribution is -2.30. The molecule has 7 nitrogen and oxygen atoms in total. The van der Waals surface area contributed by atoms with Gasteiger partial charge in [-0.1, -0.05) is 54.6 Å². The highest BCUT2D eigenvalue weighted by Crippen LogP contribution is 2.25. The van der Waals surface area contributed by atoms with Crippen molar-refractivity contribution in [3.8, 4) is 0 Å². The molecule has 0 aliphatic heterocycles. The Morgan fingerprint density at radius 1 is 0.750 bits per heavy atom. The summed E-state index contributed by atoms with van der Waals surface area (Å²) in [5.41, 5.74) is 1.77. The average Bonchev–Trinajstić information content (AvgIpc) is 3.50. The smallest absolute Gasteiger partial charge is 0.272 e. The van der Waals surface area contributed by atoms with Crippen LogP contribution in [0.5, 0.6) is 0 Å². The van der Waals surface area contributed by atoms with E-state index in [0.717, 1.165) is 21.4 Å². The molecule has 0 bridgehead atoms. The fourth-order valence-electron chi connectivity index (χ4n) is 3.96. The minimum absolute atomic E-state index is 0.0346. The van der Waals surface area contributed by atoms with Crippen molar-refractivity contribution in [3.05, 3.63) is 132 Å². The highest BCUT2D eigenvalue weighted by Gasteiger charge is 2.16. The third kappa shape index (κ3) is 6.86. The van der Waals surface area contributed by atoms with E-state index in [1.165, 1.54) is 24.1 Å². The molecule has 0 saturated carbocycles. The summed E-state index contributed by atoms with van der Waals surface area (Å²) in [5.74, 6) is -0.374. The van der Waals surface area contributed by atoms with Gasteiger partial charge >= 0.3 is 0 Å². The number of anilines is 2. The Labute approximate surface area is 235 Å². The van der Waals surface area contributed by atoms with Crippen LogP contribution in [0.1, 0.15) is 16.1 Å². The number of carbonyl (C=O) groups excluding carboxylic acids is 3. The van der Waals surface area contributed by atoms with E-state index in [0.29, 0.717) is 17.0 Å². The summed E-state index contributed by atoms with van der Waals surface area (Å²) in [6, 6.07) is 32.8. The number of carbonyl (C=O) groups is 3. The lowest BCUT2D eigenvalue weighted by Gasteiger charge is -2.11. The summed E-state index contributed by atoms with van der Waals surface area (Å²) in [7, 11) is 0. The Balaban J connectivity index is 1.20. The number of fused-ring (bicyclic) bond motifs is 1. The first-order chi connectivity index (χ1) is 19.5. The fraction of sp³-hybridized carbons (Fsp3) is 0.0312. The average molecular weight is 548 g/mol. The fourth-order valence-corrected chi connectivity index (χ4v) is 4.66. The number of rotatable bonds is 9. The van der Waals surface area contributed by atoms with Gasteiger partial charge in [0, 0.05) is 33.3 Å². The summed E-state index contributed by atoms with van der Waals surface area (Å²) < 4.78 is 5.33. The van der Waals surface area contributed by atoms with Crippen LogP contribution in [-0.2, 0) is 9.59 Å². The summed E-state index contributed by atoms with van der Waals surface area (Å²) in [5, 5.41) is 10.5. The van der Waals surface area contributed by atoms with Crippen molar-refractivity contribution in [2.75, 3.05) is 16.4 Å². The molecule has 0 atom stereocenters. The number of nitrogens with one attached hydrogen (secondary N) is 3. The molecule has 5 rings (SSSR count). The third-order valence-electron chi connectivity index (χ3n) is 5.90. The predicted molar refractivity (Wildman–Crippen MR) is 159 cm³/mol. The van der Waals surface area contributed by atoms with E-state index < -0.39 is 11.8 Å². The zero-order valence-electron chi connectivity index (χ0n) is 21.3. The molecule has 1 aromatic heterocycles. The molecule has 3 amide bonds. The lowest BCUT2D eigenvalue weighted by molar-refractivity contribution is -0.114. The summed E-state index contributed by atoms with van der Waals surface area (Å²) in [4.78, 5) is 39.2. The molecular weight excluding hydrogens is 522 g/mol. The Kier molecular flexibility index (Phi) is 8.38. The van der Waals surface area contributed by atoms with Gasteiger partial charge in [-0.25, -0.2) is 0 Å². The second kappa shape index (κ2) is 12.6. The van der Waals surface area contributed by atoms with Crippen molar-refractivity contribution in [2.45, 2.75) is 4.90 Å². The van der Waals surface area contributed by atoms with Crippen LogP contribution in [0.2, 0.25) is 0 Å². The van der Waals surface area contributed by atoms with Gasteiger partial charge in [0.2, 0.25) is 5.91 Å². The maximum absolute atomic E-state index is 13.1. The van der Waals surface area contributed by atoms with Gasteiger partial charge in [0.05, 0.1) is 12.0 Å². The molecule has 198 valence electrons. The van der Waals surface area contributed by atoms with E-state index in [1.807, 2.05) is 60.7 Å². The van der Waals surface area contributed by atoms with Gasteiger partial charge in [0.15, 0.2) is 0 Å². The van der Waals surface area contributed by atoms with Gasteiger partial charge in [-0.3, -0.25) is 14.4 Å². The molecule has 0 fully saturated rings. The number of hydrogen-bond acceptors (Lipinski definition) is 5. The molecule has 1 heterocycles. The van der Waals surface area contributed by atoms with Gasteiger partial charge in [0.1, 0.15) is 11.5 Å². The number of hydrogen-bond donors (Lipinski definition) is 3. The zero-order valence-corrected chi connectivity index (χ0v) is 22.1. The summed E-state index contributed by atoms with van der Waals surface area (Å²) >= 11 is 1.39. The van der Waals surface area contributed by atoms with Crippen LogP contribution in [0.3, 0.4) is 0 Å². The monoisotopic (exact) mass is 547 g/mol. The van der Waals surface area contributed by atoms with Crippen LogP contribution in [0.25, 0.3) is 16.8 Å². The van der Waals surface area contributed by atoms with Gasteiger partial charge in [-0.15, -0.1) is 11.8 Å². The van der Waals surface area contributed by atoms with Crippen LogP contribution in [0.4, 0.5) is 11.4 Å². The van der Waals surface area contributed by atoms with Crippen LogP contribution in [0.15, 0.2) is 130 Å². The van der Waals surface area contributed by atoms with Crippen molar-refractivity contribution in [1.82, 2.24) is 5.32 Å². The first-order valence-electron chi connectivity index (χ1n) is 12.5. The minimum Gasteiger partial charge on any atom is -0.465 e. The second-order valence-electron chi connectivity index (χ2n) is 8.74. The van der Waals surface area contributed by atoms with Crippen LogP contribution in [0, 0.1) is 0 Å². The topological polar surface area (TPSA) is 100 Å². The molecule has 0 spiro atoms. The molecule has 0 unspecified atom stereocenters. The second-order valence-corrected chi connectivity index (χ2v) is 9.78. The van der Waals surface area contributed by atoms with Crippen LogP contribution in [-0.4, -0.2) is 23.5 Å². The van der Waals surface area contributed by atoms with Gasteiger partial charge in [0.25, 0.3) is 11.8 Å². The minimum atomic E-state index is -0.504. The van der Waals surface area contributed by atoms with E-state index >= 15 is 0 Å². The Bertz CT molecular complexity index is 1660. The van der Waals surface area contributed by atoms with Crippen molar-refractivity contribution in [1.29, 1.82) is 0 Å². The summed E-state index contributed by atoms with van der Waals surface area (Å²) in [6.45, 7) is 0. The number of thioether (sulfide) groups is 1. The summed E-state index contributed by atoms with van der Waals surface area (Å²) in [6.07, 6.45) is 2.95. The molecule has 0 radical (unpaired) electrons. The molecule has 4 aromatic carbocycles. The molecule has 8 heteroatoms. The van der Waals surface area contributed by atoms with Gasteiger partial charge in [-0.05, 0) is 60.0 Å². The van der Waals surface area contributed by atoms with Crippen molar-refractivity contribution >= 4 is 57.7 Å². The van der Waals surface area contributed by atoms with E-state index in [4.69, 9.17) is 4.42 Å². The highest BCUT2D eigenvalue weighted by atomic mass is 32.2. The van der Waals surface area contributed by atoms with Crippen molar-refractivity contribution in [3.63, 3.8) is 0 Å². The molecule has 3 N–H and O–H groups in total. The first kappa shape index (κ1) is 26.5. The molecule has 40 heavy (non-hydrogen) atoms. The lowest BCUT2D eigenvalue weighted by atomic mass is 10.1. The molecule has 5 aromatic rings. The largest absolute Gasteiger partial charge is 0.465 e. The van der Waals surface area contributed by atoms with E-state index in [-0.39, 0.29) is 17.4 Å². The number of furan rings is 1. The van der Waals surface area contributed by atoms with E-state index in [1.54, 1.807) is 48.5 Å². The normalized spacial score (nSPS) is 11.2. The molecule has 0 aliphatic rings. The van der Waals surface area contributed by atoms with Crippen LogP contribution < -0.4 is 16.0 Å². The quantitative estimate of drug-likeness (QED) is 0.143. The SMILES string of the molecule is O=C(CSc1ccc(NC(=O)/C(=C/c2ccco2)NC(=O)c2ccccc2)cc1)Nc1cccc2ccccc12. The maximum atomic E-state index is 13.1. The van der Waals surface area contributed by atoms with Gasteiger partial charge in [-0.2, -0.15) is 0 Å². The Morgan fingerprint density at radius 3 is 2.27 bits per heavy atom. The number of amides is 3. The molecule has 0 aliphatic carbocycles. The zero-order chi connectivity index (χ0) is 27.7. The molecule has 0 saturated heterocycles. The predicted octanol–water partition coefficient (Wildman–Crippen LogP) is 6.57. The third-order valence-corrected chi connectivity index (χ3v) is 6.92. The molecular formula is C32H25N3O4S. The van der Waals surface area contributed by atoms with E-state index in [2.05, 4.69) is 16.0 Å². The van der Waals surface area contributed by atoms with E-state index in [9.17, 15) is 14.4 Å².